The molecule has 0 saturated carbocycles. The summed E-state index contributed by atoms with van der Waals surface area (Å²) in [4.78, 5) is 12.5. The Morgan fingerprint density at radius 1 is 1.31 bits per heavy atom. The molecule has 3 N–H and O–H groups in total. The summed E-state index contributed by atoms with van der Waals surface area (Å²) in [6, 6.07) is 8.22. The normalized spacial score (nSPS) is 16.4. The molecule has 0 radical (unpaired) electrons. The van der Waals surface area contributed by atoms with Crippen LogP contribution in [-0.4, -0.2) is 23.6 Å². The van der Waals surface area contributed by atoms with Gasteiger partial charge in [0, 0.05) is 33.6 Å². The lowest BCUT2D eigenvalue weighted by Gasteiger charge is -2.28. The first-order valence-corrected chi connectivity index (χ1v) is 9.63. The van der Waals surface area contributed by atoms with E-state index in [0.29, 0.717) is 34.9 Å². The number of fused-ring (bicyclic) bond motifs is 1. The smallest absolute Gasteiger partial charge is 0.268 e. The van der Waals surface area contributed by atoms with Crippen molar-refractivity contribution in [1.29, 1.82) is 0 Å². The number of nitrogens with zero attached hydrogens (tertiary/aromatic N) is 1. The summed E-state index contributed by atoms with van der Waals surface area (Å²) in [7, 11) is 0. The van der Waals surface area contributed by atoms with E-state index in [9.17, 15) is 9.18 Å². The van der Waals surface area contributed by atoms with Gasteiger partial charge < -0.3 is 15.6 Å². The zero-order valence-corrected chi connectivity index (χ0v) is 15.4. The maximum atomic E-state index is 14.6. The zero-order chi connectivity index (χ0) is 18.3. The number of thiophene rings is 1. The number of nitrogens with one attached hydrogen (secondary N) is 1. The molecule has 26 heavy (non-hydrogen) atoms. The Kier molecular flexibility index (Phi) is 4.56. The maximum Gasteiger partial charge on any atom is 0.268 e. The number of amides is 1. The van der Waals surface area contributed by atoms with Gasteiger partial charge in [-0.15, -0.1) is 0 Å². The number of halogens is 2. The van der Waals surface area contributed by atoms with E-state index in [0.717, 1.165) is 17.7 Å². The largest absolute Gasteiger partial charge is 0.349 e. The number of aromatic nitrogens is 1. The van der Waals surface area contributed by atoms with Crippen LogP contribution < -0.4 is 11.1 Å². The van der Waals surface area contributed by atoms with Gasteiger partial charge in [-0.25, -0.2) is 4.39 Å². The first-order chi connectivity index (χ1) is 12.6. The Hall–Kier alpha value is -2.15. The van der Waals surface area contributed by atoms with E-state index in [-0.39, 0.29) is 17.8 Å². The van der Waals surface area contributed by atoms with Crippen LogP contribution in [-0.2, 0) is 0 Å². The van der Waals surface area contributed by atoms with E-state index in [1.807, 2.05) is 21.4 Å². The van der Waals surface area contributed by atoms with Crippen LogP contribution in [0.15, 0.2) is 41.1 Å². The molecule has 1 unspecified atom stereocenters. The van der Waals surface area contributed by atoms with Gasteiger partial charge in [-0.05, 0) is 48.7 Å². The number of hydrogen-bond acceptors (Lipinski definition) is 3. The SMILES string of the molecule is NCCC1CNC(=O)c2cc(-c3cc(Cl)ccc3F)c(-c3ccsc3)n21. The first-order valence-electron chi connectivity index (χ1n) is 8.31. The number of rotatable bonds is 4. The average Bonchev–Trinajstić information content (AvgIpc) is 3.27. The van der Waals surface area contributed by atoms with Crippen LogP contribution in [0.2, 0.25) is 5.02 Å². The second-order valence-electron chi connectivity index (χ2n) is 6.24. The van der Waals surface area contributed by atoms with Gasteiger partial charge in [-0.2, -0.15) is 11.3 Å². The van der Waals surface area contributed by atoms with Crippen molar-refractivity contribution >= 4 is 28.8 Å². The zero-order valence-electron chi connectivity index (χ0n) is 13.8. The summed E-state index contributed by atoms with van der Waals surface area (Å²) in [5.41, 5.74) is 9.13. The number of benzene rings is 1. The molecule has 3 aromatic rings. The van der Waals surface area contributed by atoms with Crippen LogP contribution in [0.25, 0.3) is 22.4 Å². The van der Waals surface area contributed by atoms with Crippen LogP contribution in [0.1, 0.15) is 23.0 Å². The van der Waals surface area contributed by atoms with E-state index < -0.39 is 0 Å². The van der Waals surface area contributed by atoms with Crippen molar-refractivity contribution in [2.24, 2.45) is 5.73 Å². The second kappa shape index (κ2) is 6.87. The second-order valence-corrected chi connectivity index (χ2v) is 7.46. The van der Waals surface area contributed by atoms with Crippen molar-refractivity contribution in [2.45, 2.75) is 12.5 Å². The lowest BCUT2D eigenvalue weighted by molar-refractivity contribution is 0.0914. The molecular formula is C19H17ClFN3OS. The monoisotopic (exact) mass is 389 g/mol. The number of nitrogens with two attached hydrogens (primary N) is 1. The van der Waals surface area contributed by atoms with E-state index in [2.05, 4.69) is 5.32 Å². The molecule has 1 amide bonds. The van der Waals surface area contributed by atoms with Crippen LogP contribution in [0.3, 0.4) is 0 Å². The highest BCUT2D eigenvalue weighted by Gasteiger charge is 2.31. The number of hydrogen-bond donors (Lipinski definition) is 2. The molecule has 2 aromatic heterocycles. The highest BCUT2D eigenvalue weighted by Crippen LogP contribution is 2.41. The minimum atomic E-state index is -0.371. The van der Waals surface area contributed by atoms with Crippen LogP contribution in [0.4, 0.5) is 4.39 Å². The summed E-state index contributed by atoms with van der Waals surface area (Å²) in [6.45, 7) is 1.01. The van der Waals surface area contributed by atoms with E-state index in [1.54, 1.807) is 23.5 Å². The molecule has 0 spiro atoms. The molecule has 7 heteroatoms. The third-order valence-electron chi connectivity index (χ3n) is 4.65. The van der Waals surface area contributed by atoms with Crippen molar-refractivity contribution < 1.29 is 9.18 Å². The van der Waals surface area contributed by atoms with Gasteiger partial charge in [0.2, 0.25) is 0 Å². The molecule has 134 valence electrons. The predicted molar refractivity (Wildman–Crippen MR) is 103 cm³/mol. The Balaban J connectivity index is 2.02. The van der Waals surface area contributed by atoms with Gasteiger partial charge in [0.25, 0.3) is 5.91 Å². The maximum absolute atomic E-state index is 14.6. The molecule has 1 atom stereocenters. The van der Waals surface area contributed by atoms with Gasteiger partial charge >= 0.3 is 0 Å². The molecule has 1 aromatic carbocycles. The molecular weight excluding hydrogens is 373 g/mol. The van der Waals surface area contributed by atoms with Crippen LogP contribution in [0, 0.1) is 5.82 Å². The minimum Gasteiger partial charge on any atom is -0.349 e. The Labute approximate surface area is 159 Å². The molecule has 0 aliphatic carbocycles. The molecule has 1 aliphatic heterocycles. The van der Waals surface area contributed by atoms with Gasteiger partial charge in [-0.3, -0.25) is 4.79 Å². The summed E-state index contributed by atoms with van der Waals surface area (Å²) in [5, 5.41) is 7.32. The molecule has 0 saturated heterocycles. The number of carbonyl (C=O) groups excluding carboxylic acids is 1. The van der Waals surface area contributed by atoms with Gasteiger partial charge in [-0.1, -0.05) is 11.6 Å². The fraction of sp³-hybridized carbons (Fsp3) is 0.211. The van der Waals surface area contributed by atoms with E-state index in [4.69, 9.17) is 17.3 Å². The molecule has 4 nitrogen and oxygen atoms in total. The molecule has 1 aliphatic rings. The lowest BCUT2D eigenvalue weighted by atomic mass is 10.0. The van der Waals surface area contributed by atoms with Gasteiger partial charge in [0.15, 0.2) is 0 Å². The van der Waals surface area contributed by atoms with Crippen LogP contribution in [0.5, 0.6) is 0 Å². The average molecular weight is 390 g/mol. The van der Waals surface area contributed by atoms with Gasteiger partial charge in [0.05, 0.1) is 11.7 Å². The van der Waals surface area contributed by atoms with Crippen molar-refractivity contribution in [2.75, 3.05) is 13.1 Å². The topological polar surface area (TPSA) is 60.0 Å². The number of carbonyl (C=O) groups is 1. The molecule has 0 fully saturated rings. The van der Waals surface area contributed by atoms with E-state index >= 15 is 0 Å². The Morgan fingerprint density at radius 2 is 2.15 bits per heavy atom. The lowest BCUT2D eigenvalue weighted by Crippen LogP contribution is -2.39. The summed E-state index contributed by atoms with van der Waals surface area (Å²) >= 11 is 7.67. The van der Waals surface area contributed by atoms with E-state index in [1.165, 1.54) is 12.1 Å². The highest BCUT2D eigenvalue weighted by atomic mass is 35.5. The van der Waals surface area contributed by atoms with Crippen molar-refractivity contribution in [3.8, 4) is 22.4 Å². The first kappa shape index (κ1) is 17.3. The van der Waals surface area contributed by atoms with Crippen molar-refractivity contribution in [3.05, 3.63) is 57.6 Å². The molecule has 0 bridgehead atoms. The highest BCUT2D eigenvalue weighted by molar-refractivity contribution is 7.08. The Morgan fingerprint density at radius 3 is 2.88 bits per heavy atom. The van der Waals surface area contributed by atoms with Crippen molar-refractivity contribution in [1.82, 2.24) is 9.88 Å². The van der Waals surface area contributed by atoms with Gasteiger partial charge in [0.1, 0.15) is 11.5 Å². The summed E-state index contributed by atoms with van der Waals surface area (Å²) in [6.07, 6.45) is 0.719. The third kappa shape index (κ3) is 2.84. The summed E-state index contributed by atoms with van der Waals surface area (Å²) < 4.78 is 16.6. The Bertz CT molecular complexity index is 968. The minimum absolute atomic E-state index is 0.0265. The molecule has 4 rings (SSSR count). The fourth-order valence-electron chi connectivity index (χ4n) is 3.50. The molecule has 3 heterocycles. The fourth-order valence-corrected chi connectivity index (χ4v) is 4.31. The van der Waals surface area contributed by atoms with Crippen molar-refractivity contribution in [3.63, 3.8) is 0 Å². The predicted octanol–water partition coefficient (Wildman–Crippen LogP) is 4.31. The van der Waals surface area contributed by atoms with Crippen LogP contribution >= 0.6 is 22.9 Å². The summed E-state index contributed by atoms with van der Waals surface area (Å²) in [5.74, 6) is -0.534. The quantitative estimate of drug-likeness (QED) is 0.698. The standard InChI is InChI=1S/C19H17ClFN3OS/c20-12-1-2-16(21)14(7-12)15-8-17-19(25)23-9-13(3-5-22)24(17)18(15)11-4-6-26-10-11/h1-2,4,6-8,10,13H,3,5,9,22H2,(H,23,25). The third-order valence-corrected chi connectivity index (χ3v) is 5.56.